The Balaban J connectivity index is 2.19. The Kier molecular flexibility index (Phi) is 2.05. The van der Waals surface area contributed by atoms with Crippen molar-refractivity contribution in [2.75, 3.05) is 11.4 Å². The van der Waals surface area contributed by atoms with Crippen molar-refractivity contribution in [1.29, 1.82) is 0 Å². The number of thiazole rings is 1. The van der Waals surface area contributed by atoms with E-state index in [9.17, 15) is 0 Å². The zero-order valence-electron chi connectivity index (χ0n) is 7.58. The number of hydrogen-bond acceptors (Lipinski definition) is 3. The molecular weight excluding hydrogens is 168 g/mol. The van der Waals surface area contributed by atoms with Crippen LogP contribution in [0.3, 0.4) is 0 Å². The molecule has 0 aliphatic carbocycles. The fourth-order valence-corrected chi connectivity index (χ4v) is 2.58. The summed E-state index contributed by atoms with van der Waals surface area (Å²) in [5.74, 6) is 0. The van der Waals surface area contributed by atoms with Gasteiger partial charge in [0.15, 0.2) is 5.13 Å². The van der Waals surface area contributed by atoms with Crippen molar-refractivity contribution in [3.63, 3.8) is 0 Å². The molecule has 0 radical (unpaired) electrons. The first-order chi connectivity index (χ1) is 5.77. The van der Waals surface area contributed by atoms with Gasteiger partial charge in [0.1, 0.15) is 0 Å². The van der Waals surface area contributed by atoms with Crippen LogP contribution < -0.4 is 4.90 Å². The summed E-state index contributed by atoms with van der Waals surface area (Å²) in [5, 5.41) is 1.21. The van der Waals surface area contributed by atoms with Gasteiger partial charge in [-0.25, -0.2) is 4.98 Å². The van der Waals surface area contributed by atoms with Crippen molar-refractivity contribution in [2.45, 2.75) is 32.7 Å². The first-order valence-electron chi connectivity index (χ1n) is 4.46. The van der Waals surface area contributed by atoms with E-state index in [1.807, 2.05) is 6.20 Å². The van der Waals surface area contributed by atoms with Gasteiger partial charge in [-0.05, 0) is 26.7 Å². The predicted octanol–water partition coefficient (Wildman–Crippen LogP) is 2.44. The molecule has 0 bridgehead atoms. The van der Waals surface area contributed by atoms with Gasteiger partial charge in [-0.15, -0.1) is 11.3 Å². The van der Waals surface area contributed by atoms with E-state index >= 15 is 0 Å². The van der Waals surface area contributed by atoms with E-state index in [4.69, 9.17) is 0 Å². The van der Waals surface area contributed by atoms with E-state index in [1.165, 1.54) is 29.4 Å². The van der Waals surface area contributed by atoms with E-state index in [1.54, 1.807) is 11.3 Å². The molecule has 1 aromatic heterocycles. The van der Waals surface area contributed by atoms with Crippen LogP contribution >= 0.6 is 11.3 Å². The largest absolute Gasteiger partial charge is 0.345 e. The molecule has 2 heterocycles. The number of anilines is 1. The molecule has 12 heavy (non-hydrogen) atoms. The smallest absolute Gasteiger partial charge is 0.185 e. The van der Waals surface area contributed by atoms with E-state index in [-0.39, 0.29) is 0 Å². The summed E-state index contributed by atoms with van der Waals surface area (Å²) in [6.45, 7) is 5.58. The summed E-state index contributed by atoms with van der Waals surface area (Å²) in [7, 11) is 0. The molecule has 66 valence electrons. The molecule has 1 fully saturated rings. The topological polar surface area (TPSA) is 16.1 Å². The number of hydrogen-bond donors (Lipinski definition) is 0. The van der Waals surface area contributed by atoms with Crippen LogP contribution in [0.4, 0.5) is 5.13 Å². The Morgan fingerprint density at radius 3 is 3.00 bits per heavy atom. The SMILES string of the molecule is Cc1cnc(N2CCCC2C)s1. The molecule has 1 saturated heterocycles. The Morgan fingerprint density at radius 2 is 2.50 bits per heavy atom. The molecule has 1 aliphatic heterocycles. The van der Waals surface area contributed by atoms with Crippen molar-refractivity contribution in [2.24, 2.45) is 0 Å². The minimum Gasteiger partial charge on any atom is -0.345 e. The Bertz CT molecular complexity index is 269. The van der Waals surface area contributed by atoms with E-state index in [2.05, 4.69) is 23.7 Å². The Labute approximate surface area is 77.2 Å². The minimum absolute atomic E-state index is 0.690. The van der Waals surface area contributed by atoms with Crippen LogP contribution in [0.25, 0.3) is 0 Å². The van der Waals surface area contributed by atoms with Gasteiger partial charge in [-0.1, -0.05) is 0 Å². The highest BCUT2D eigenvalue weighted by Gasteiger charge is 2.22. The van der Waals surface area contributed by atoms with E-state index < -0.39 is 0 Å². The lowest BCUT2D eigenvalue weighted by molar-refractivity contribution is 0.733. The molecule has 2 nitrogen and oxygen atoms in total. The summed E-state index contributed by atoms with van der Waals surface area (Å²) < 4.78 is 0. The van der Waals surface area contributed by atoms with Crippen molar-refractivity contribution in [1.82, 2.24) is 4.98 Å². The van der Waals surface area contributed by atoms with Gasteiger partial charge < -0.3 is 4.90 Å². The fourth-order valence-electron chi connectivity index (χ4n) is 1.69. The van der Waals surface area contributed by atoms with Gasteiger partial charge in [-0.2, -0.15) is 0 Å². The van der Waals surface area contributed by atoms with Crippen LogP contribution in [0.1, 0.15) is 24.6 Å². The van der Waals surface area contributed by atoms with Gasteiger partial charge in [-0.3, -0.25) is 0 Å². The molecule has 0 aromatic carbocycles. The van der Waals surface area contributed by atoms with Crippen LogP contribution in [-0.4, -0.2) is 17.6 Å². The summed E-state index contributed by atoms with van der Waals surface area (Å²) in [5.41, 5.74) is 0. The highest BCUT2D eigenvalue weighted by molar-refractivity contribution is 7.15. The van der Waals surface area contributed by atoms with Crippen molar-refractivity contribution >= 4 is 16.5 Å². The molecule has 3 heteroatoms. The second-order valence-electron chi connectivity index (χ2n) is 3.44. The summed E-state index contributed by atoms with van der Waals surface area (Å²) in [6.07, 6.45) is 4.60. The number of nitrogens with zero attached hydrogens (tertiary/aromatic N) is 2. The van der Waals surface area contributed by atoms with E-state index in [0.29, 0.717) is 6.04 Å². The van der Waals surface area contributed by atoms with Crippen molar-refractivity contribution < 1.29 is 0 Å². The lowest BCUT2D eigenvalue weighted by Crippen LogP contribution is -2.25. The van der Waals surface area contributed by atoms with Gasteiger partial charge >= 0.3 is 0 Å². The number of aryl methyl sites for hydroxylation is 1. The van der Waals surface area contributed by atoms with Gasteiger partial charge in [0.2, 0.25) is 0 Å². The quantitative estimate of drug-likeness (QED) is 0.663. The molecule has 0 spiro atoms. The number of aromatic nitrogens is 1. The molecule has 0 amide bonds. The fraction of sp³-hybridized carbons (Fsp3) is 0.667. The van der Waals surface area contributed by atoms with Crippen LogP contribution in [0, 0.1) is 6.92 Å². The second-order valence-corrected chi connectivity index (χ2v) is 4.65. The third kappa shape index (κ3) is 1.33. The highest BCUT2D eigenvalue weighted by atomic mass is 32.1. The second kappa shape index (κ2) is 3.05. The molecule has 0 N–H and O–H groups in total. The van der Waals surface area contributed by atoms with Crippen molar-refractivity contribution in [3.8, 4) is 0 Å². The molecular formula is C9H14N2S. The highest BCUT2D eigenvalue weighted by Crippen LogP contribution is 2.28. The third-order valence-corrected chi connectivity index (χ3v) is 3.36. The van der Waals surface area contributed by atoms with Gasteiger partial charge in [0, 0.05) is 23.7 Å². The first-order valence-corrected chi connectivity index (χ1v) is 5.28. The van der Waals surface area contributed by atoms with Gasteiger partial charge in [0.05, 0.1) is 0 Å². The molecule has 0 saturated carbocycles. The average Bonchev–Trinajstić information content (AvgIpc) is 2.58. The summed E-state index contributed by atoms with van der Waals surface area (Å²) >= 11 is 1.80. The minimum atomic E-state index is 0.690. The standard InChI is InChI=1S/C9H14N2S/c1-7-4-3-5-11(7)9-10-6-8(2)12-9/h6-7H,3-5H2,1-2H3. The number of rotatable bonds is 1. The molecule has 1 atom stereocenters. The molecule has 1 unspecified atom stereocenters. The lowest BCUT2D eigenvalue weighted by atomic mass is 10.2. The third-order valence-electron chi connectivity index (χ3n) is 2.41. The average molecular weight is 182 g/mol. The van der Waals surface area contributed by atoms with Crippen LogP contribution in [0.2, 0.25) is 0 Å². The molecule has 2 rings (SSSR count). The maximum Gasteiger partial charge on any atom is 0.185 e. The predicted molar refractivity (Wildman–Crippen MR) is 52.9 cm³/mol. The summed E-state index contributed by atoms with van der Waals surface area (Å²) in [6, 6.07) is 0.690. The maximum absolute atomic E-state index is 4.39. The Hall–Kier alpha value is -0.570. The zero-order chi connectivity index (χ0) is 8.55. The van der Waals surface area contributed by atoms with Crippen LogP contribution in [-0.2, 0) is 0 Å². The zero-order valence-corrected chi connectivity index (χ0v) is 8.40. The summed E-state index contributed by atoms with van der Waals surface area (Å²) in [4.78, 5) is 8.12. The Morgan fingerprint density at radius 1 is 1.67 bits per heavy atom. The molecule has 1 aromatic rings. The van der Waals surface area contributed by atoms with E-state index in [0.717, 1.165) is 0 Å². The maximum atomic E-state index is 4.39. The van der Waals surface area contributed by atoms with Crippen molar-refractivity contribution in [3.05, 3.63) is 11.1 Å². The van der Waals surface area contributed by atoms with Crippen LogP contribution in [0.5, 0.6) is 0 Å². The normalized spacial score (nSPS) is 23.5. The van der Waals surface area contributed by atoms with Gasteiger partial charge in [0.25, 0.3) is 0 Å². The monoisotopic (exact) mass is 182 g/mol. The molecule has 1 aliphatic rings. The van der Waals surface area contributed by atoms with Crippen LogP contribution in [0.15, 0.2) is 6.20 Å². The lowest BCUT2D eigenvalue weighted by Gasteiger charge is -2.19. The first kappa shape index (κ1) is 8.05.